The molecule has 2 aromatic rings. The maximum absolute atomic E-state index is 13.2. The van der Waals surface area contributed by atoms with E-state index in [-0.39, 0.29) is 24.9 Å². The lowest BCUT2D eigenvalue weighted by Gasteiger charge is -2.18. The average molecular weight is 390 g/mol. The number of benzene rings is 2. The third-order valence-corrected chi connectivity index (χ3v) is 3.99. The Bertz CT molecular complexity index is 843. The number of carbonyl (C=O) groups is 3. The largest absolute Gasteiger partial charge is 0.481 e. The van der Waals surface area contributed by atoms with E-state index in [1.165, 1.54) is 0 Å². The molecule has 28 heavy (non-hydrogen) atoms. The molecular weight excluding hydrogens is 370 g/mol. The lowest BCUT2D eigenvalue weighted by Crippen LogP contribution is -2.43. The molecule has 0 aliphatic carbocycles. The number of hydrogen-bond acceptors (Lipinski definition) is 3. The highest BCUT2D eigenvalue weighted by Crippen LogP contribution is 2.09. The minimum atomic E-state index is -1.16. The summed E-state index contributed by atoms with van der Waals surface area (Å²) < 4.78 is 26.1. The van der Waals surface area contributed by atoms with Crippen LogP contribution in [0.25, 0.3) is 0 Å². The van der Waals surface area contributed by atoms with Gasteiger partial charge in [-0.1, -0.05) is 30.3 Å². The number of nitrogens with one attached hydrogen (secondary N) is 2. The van der Waals surface area contributed by atoms with Crippen LogP contribution >= 0.6 is 0 Å². The van der Waals surface area contributed by atoms with E-state index in [2.05, 4.69) is 10.6 Å². The molecule has 0 saturated heterocycles. The van der Waals surface area contributed by atoms with Crippen LogP contribution < -0.4 is 10.6 Å². The summed E-state index contributed by atoms with van der Waals surface area (Å²) >= 11 is 0. The van der Waals surface area contributed by atoms with E-state index in [1.54, 1.807) is 0 Å². The maximum Gasteiger partial charge on any atom is 0.303 e. The van der Waals surface area contributed by atoms with Crippen molar-refractivity contribution in [2.24, 2.45) is 0 Å². The van der Waals surface area contributed by atoms with Crippen molar-refractivity contribution in [2.45, 2.75) is 25.3 Å². The summed E-state index contributed by atoms with van der Waals surface area (Å²) in [5.41, 5.74) is 0.822. The van der Waals surface area contributed by atoms with E-state index >= 15 is 0 Å². The Morgan fingerprint density at radius 3 is 2.36 bits per heavy atom. The lowest BCUT2D eigenvalue weighted by molar-refractivity contribution is -0.137. The van der Waals surface area contributed by atoms with Crippen molar-refractivity contribution in [3.63, 3.8) is 0 Å². The second-order valence-electron chi connectivity index (χ2n) is 6.20. The lowest BCUT2D eigenvalue weighted by atomic mass is 10.0. The van der Waals surface area contributed by atoms with E-state index in [0.717, 1.165) is 23.8 Å². The minimum absolute atomic E-state index is 0.112. The summed E-state index contributed by atoms with van der Waals surface area (Å²) in [6.07, 6.45) is 0.559. The van der Waals surface area contributed by atoms with Gasteiger partial charge in [0.1, 0.15) is 0 Å². The zero-order valence-electron chi connectivity index (χ0n) is 15.0. The number of amides is 2. The molecule has 3 N–H and O–H groups in total. The number of aliphatic carboxylic acids is 1. The molecule has 6 nitrogen and oxygen atoms in total. The summed E-state index contributed by atoms with van der Waals surface area (Å²) in [7, 11) is 0. The summed E-state index contributed by atoms with van der Waals surface area (Å²) in [4.78, 5) is 34.9. The van der Waals surface area contributed by atoms with Crippen molar-refractivity contribution in [3.8, 4) is 0 Å². The molecule has 0 fully saturated rings. The first kappa shape index (κ1) is 21.0. The van der Waals surface area contributed by atoms with Gasteiger partial charge in [0.05, 0.1) is 6.54 Å². The standard InChI is InChI=1S/C20H20F2N2O4/c21-16-8-6-14(11-17(16)22)20(28)23-12-18(25)24-15(7-9-19(26)27)10-13-4-2-1-3-5-13/h1-6,8,11,15H,7,9-10,12H2,(H,23,28)(H,24,25)(H,26,27). The fourth-order valence-corrected chi connectivity index (χ4v) is 2.60. The van der Waals surface area contributed by atoms with Crippen LogP contribution in [0.5, 0.6) is 0 Å². The minimum Gasteiger partial charge on any atom is -0.481 e. The average Bonchev–Trinajstić information content (AvgIpc) is 2.67. The van der Waals surface area contributed by atoms with Gasteiger partial charge in [0.2, 0.25) is 5.91 Å². The molecule has 0 saturated carbocycles. The van der Waals surface area contributed by atoms with E-state index in [1.807, 2.05) is 30.3 Å². The summed E-state index contributed by atoms with van der Waals surface area (Å²) in [5.74, 6) is -4.44. The van der Waals surface area contributed by atoms with Crippen molar-refractivity contribution in [3.05, 3.63) is 71.3 Å². The number of carboxylic acids is 1. The normalized spacial score (nSPS) is 11.5. The van der Waals surface area contributed by atoms with Crippen molar-refractivity contribution < 1.29 is 28.3 Å². The van der Waals surface area contributed by atoms with E-state index in [0.29, 0.717) is 6.42 Å². The molecule has 0 aliphatic heterocycles. The van der Waals surface area contributed by atoms with Crippen molar-refractivity contribution in [1.29, 1.82) is 0 Å². The van der Waals surface area contributed by atoms with Crippen LogP contribution in [0.15, 0.2) is 48.5 Å². The highest BCUT2D eigenvalue weighted by Gasteiger charge is 2.16. The molecule has 0 aliphatic rings. The highest BCUT2D eigenvalue weighted by atomic mass is 19.2. The zero-order chi connectivity index (χ0) is 20.5. The van der Waals surface area contributed by atoms with Gasteiger partial charge in [-0.25, -0.2) is 8.78 Å². The molecule has 0 radical (unpaired) electrons. The van der Waals surface area contributed by atoms with Crippen LogP contribution in [-0.2, 0) is 16.0 Å². The summed E-state index contributed by atoms with van der Waals surface area (Å²) in [6, 6.07) is 11.5. The SMILES string of the molecule is O=C(O)CCC(Cc1ccccc1)NC(=O)CNC(=O)c1ccc(F)c(F)c1. The molecule has 0 spiro atoms. The Hall–Kier alpha value is -3.29. The predicted molar refractivity (Wildman–Crippen MR) is 97.6 cm³/mol. The second kappa shape index (κ2) is 10.1. The van der Waals surface area contributed by atoms with Crippen LogP contribution in [0, 0.1) is 11.6 Å². The van der Waals surface area contributed by atoms with Crippen molar-refractivity contribution >= 4 is 17.8 Å². The first-order valence-corrected chi connectivity index (χ1v) is 8.63. The third-order valence-electron chi connectivity index (χ3n) is 3.99. The summed E-state index contributed by atoms with van der Waals surface area (Å²) in [6.45, 7) is -0.379. The smallest absolute Gasteiger partial charge is 0.303 e. The molecule has 2 amide bonds. The number of hydrogen-bond donors (Lipinski definition) is 3. The molecule has 8 heteroatoms. The molecule has 1 unspecified atom stereocenters. The van der Waals surface area contributed by atoms with Gasteiger partial charge in [0.25, 0.3) is 5.91 Å². The Morgan fingerprint density at radius 1 is 1.00 bits per heavy atom. The van der Waals surface area contributed by atoms with Crippen LogP contribution in [0.2, 0.25) is 0 Å². The molecule has 0 aromatic heterocycles. The molecule has 2 aromatic carbocycles. The van der Waals surface area contributed by atoms with Gasteiger partial charge in [0.15, 0.2) is 11.6 Å². The van der Waals surface area contributed by atoms with Gasteiger partial charge in [0, 0.05) is 18.0 Å². The van der Waals surface area contributed by atoms with E-state index in [9.17, 15) is 23.2 Å². The molecule has 2 rings (SSSR count). The van der Waals surface area contributed by atoms with Gasteiger partial charge in [-0.05, 0) is 36.6 Å². The van der Waals surface area contributed by atoms with Crippen LogP contribution in [0.4, 0.5) is 8.78 Å². The number of halogens is 2. The monoisotopic (exact) mass is 390 g/mol. The summed E-state index contributed by atoms with van der Waals surface area (Å²) in [5, 5.41) is 13.9. The van der Waals surface area contributed by atoms with Crippen LogP contribution in [-0.4, -0.2) is 35.5 Å². The maximum atomic E-state index is 13.2. The molecule has 148 valence electrons. The Balaban J connectivity index is 1.91. The van der Waals surface area contributed by atoms with Crippen LogP contribution in [0.1, 0.15) is 28.8 Å². The quantitative estimate of drug-likeness (QED) is 0.612. The fourth-order valence-electron chi connectivity index (χ4n) is 2.60. The van der Waals surface area contributed by atoms with Gasteiger partial charge in [-0.2, -0.15) is 0 Å². The van der Waals surface area contributed by atoms with Gasteiger partial charge < -0.3 is 15.7 Å². The topological polar surface area (TPSA) is 95.5 Å². The van der Waals surface area contributed by atoms with Crippen molar-refractivity contribution in [2.75, 3.05) is 6.54 Å². The highest BCUT2D eigenvalue weighted by molar-refractivity contribution is 5.96. The predicted octanol–water partition coefficient (Wildman–Crippen LogP) is 2.29. The van der Waals surface area contributed by atoms with Crippen LogP contribution in [0.3, 0.4) is 0 Å². The first-order chi connectivity index (χ1) is 13.3. The fraction of sp³-hybridized carbons (Fsp3) is 0.250. The number of carbonyl (C=O) groups excluding carboxylic acids is 2. The van der Waals surface area contributed by atoms with E-state index < -0.39 is 35.5 Å². The second-order valence-corrected chi connectivity index (χ2v) is 6.20. The molecule has 1 atom stereocenters. The van der Waals surface area contributed by atoms with Gasteiger partial charge in [-0.15, -0.1) is 0 Å². The number of rotatable bonds is 9. The number of carboxylic acid groups (broad SMARTS) is 1. The Kier molecular flexibility index (Phi) is 7.62. The first-order valence-electron chi connectivity index (χ1n) is 8.63. The van der Waals surface area contributed by atoms with Gasteiger partial charge in [-0.3, -0.25) is 14.4 Å². The Morgan fingerprint density at radius 2 is 1.71 bits per heavy atom. The van der Waals surface area contributed by atoms with E-state index in [4.69, 9.17) is 5.11 Å². The Labute approximate surface area is 160 Å². The third kappa shape index (κ3) is 6.79. The molecule has 0 bridgehead atoms. The molecular formula is C20H20F2N2O4. The van der Waals surface area contributed by atoms with Gasteiger partial charge >= 0.3 is 5.97 Å². The van der Waals surface area contributed by atoms with Crippen molar-refractivity contribution in [1.82, 2.24) is 10.6 Å². The molecule has 0 heterocycles. The zero-order valence-corrected chi connectivity index (χ0v) is 15.0.